The molecule has 0 amide bonds. The van der Waals surface area contributed by atoms with Crippen LogP contribution in [0.1, 0.15) is 36.5 Å². The van der Waals surface area contributed by atoms with Crippen molar-refractivity contribution in [2.45, 2.75) is 38.4 Å². The highest BCUT2D eigenvalue weighted by Gasteiger charge is 2.21. The second-order valence-corrected chi connectivity index (χ2v) is 5.15. The van der Waals surface area contributed by atoms with Crippen molar-refractivity contribution in [2.24, 2.45) is 0 Å². The Morgan fingerprint density at radius 2 is 1.93 bits per heavy atom. The van der Waals surface area contributed by atoms with E-state index in [0.29, 0.717) is 0 Å². The molecule has 1 aromatic rings. The van der Waals surface area contributed by atoms with E-state index < -0.39 is 0 Å². The van der Waals surface area contributed by atoms with Crippen LogP contribution in [0.5, 0.6) is 0 Å². The average molecular weight is 269 g/mol. The lowest BCUT2D eigenvalue weighted by Gasteiger charge is -2.18. The maximum Gasteiger partial charge on any atom is 0.144 e. The number of benzene rings is 1. The van der Waals surface area contributed by atoms with Gasteiger partial charge >= 0.3 is 0 Å². The van der Waals surface area contributed by atoms with Gasteiger partial charge in [0.15, 0.2) is 0 Å². The van der Waals surface area contributed by atoms with Gasteiger partial charge < -0.3 is 0 Å². The molecule has 1 rings (SSSR count). The fourth-order valence-corrected chi connectivity index (χ4v) is 2.13. The lowest BCUT2D eigenvalue weighted by Crippen LogP contribution is -2.18. The first-order valence-electron chi connectivity index (χ1n) is 5.15. The van der Waals surface area contributed by atoms with Crippen molar-refractivity contribution in [3.63, 3.8) is 0 Å². The molecule has 2 unspecified atom stereocenters. The molecule has 0 heterocycles. The maximum atomic E-state index is 11.3. The van der Waals surface area contributed by atoms with Gasteiger partial charge in [0.2, 0.25) is 0 Å². The van der Waals surface area contributed by atoms with Crippen molar-refractivity contribution in [2.75, 3.05) is 0 Å². The Bertz CT molecular complexity index is 371. The van der Waals surface area contributed by atoms with Gasteiger partial charge in [-0.3, -0.25) is 4.79 Å². The van der Waals surface area contributed by atoms with Crippen molar-refractivity contribution >= 4 is 21.7 Å². The molecule has 0 saturated carbocycles. The number of alkyl halides is 1. The van der Waals surface area contributed by atoms with Gasteiger partial charge in [-0.05, 0) is 31.9 Å². The van der Waals surface area contributed by atoms with Crippen LogP contribution in [0, 0.1) is 13.8 Å². The monoisotopic (exact) mass is 268 g/mol. The topological polar surface area (TPSA) is 17.1 Å². The third kappa shape index (κ3) is 2.91. The van der Waals surface area contributed by atoms with Crippen LogP contribution in [-0.2, 0) is 4.79 Å². The number of carbonyl (C=O) groups excluding carboxylic acids is 1. The first-order valence-corrected chi connectivity index (χ1v) is 6.06. The maximum absolute atomic E-state index is 11.3. The Balaban J connectivity index is 3.01. The number of hydrogen-bond acceptors (Lipinski definition) is 1. The molecular formula is C13H17BrO. The summed E-state index contributed by atoms with van der Waals surface area (Å²) < 4.78 is 0. The minimum Gasteiger partial charge on any atom is -0.299 e. The first kappa shape index (κ1) is 12.4. The van der Waals surface area contributed by atoms with Gasteiger partial charge in [0, 0.05) is 5.92 Å². The summed E-state index contributed by atoms with van der Waals surface area (Å²) in [6, 6.07) is 6.37. The van der Waals surface area contributed by atoms with Gasteiger partial charge in [-0.25, -0.2) is 0 Å². The summed E-state index contributed by atoms with van der Waals surface area (Å²) in [6.07, 6.45) is 0. The molecule has 2 atom stereocenters. The van der Waals surface area contributed by atoms with Crippen LogP contribution < -0.4 is 0 Å². The lowest BCUT2D eigenvalue weighted by molar-refractivity contribution is -0.116. The molecule has 1 nitrogen and oxygen atoms in total. The zero-order valence-corrected chi connectivity index (χ0v) is 11.3. The van der Waals surface area contributed by atoms with Crippen molar-refractivity contribution in [3.8, 4) is 0 Å². The number of aryl methyl sites for hydroxylation is 2. The van der Waals surface area contributed by atoms with Gasteiger partial charge in [-0.2, -0.15) is 0 Å². The molecule has 0 bridgehead atoms. The molecule has 0 aromatic heterocycles. The highest BCUT2D eigenvalue weighted by Crippen LogP contribution is 2.28. The highest BCUT2D eigenvalue weighted by atomic mass is 79.9. The predicted octanol–water partition coefficient (Wildman–Crippen LogP) is 3.76. The van der Waals surface area contributed by atoms with E-state index in [2.05, 4.69) is 54.9 Å². The van der Waals surface area contributed by atoms with Crippen LogP contribution in [0.25, 0.3) is 0 Å². The van der Waals surface area contributed by atoms with Crippen molar-refractivity contribution in [1.82, 2.24) is 0 Å². The molecule has 0 aliphatic carbocycles. The smallest absolute Gasteiger partial charge is 0.144 e. The van der Waals surface area contributed by atoms with Gasteiger partial charge in [0.25, 0.3) is 0 Å². The van der Waals surface area contributed by atoms with Crippen LogP contribution in [0.4, 0.5) is 0 Å². The third-order valence-corrected chi connectivity index (χ3v) is 4.18. The fourth-order valence-electron chi connectivity index (χ4n) is 1.85. The summed E-state index contributed by atoms with van der Waals surface area (Å²) in [5.74, 6) is 0.408. The van der Waals surface area contributed by atoms with Gasteiger partial charge in [-0.15, -0.1) is 0 Å². The van der Waals surface area contributed by atoms with E-state index in [0.717, 1.165) is 0 Å². The van der Waals surface area contributed by atoms with Crippen molar-refractivity contribution < 1.29 is 4.79 Å². The van der Waals surface area contributed by atoms with E-state index in [1.807, 2.05) is 0 Å². The molecule has 0 spiro atoms. The largest absolute Gasteiger partial charge is 0.299 e. The zero-order chi connectivity index (χ0) is 11.6. The van der Waals surface area contributed by atoms with E-state index >= 15 is 0 Å². The minimum atomic E-state index is -0.0843. The molecule has 0 radical (unpaired) electrons. The number of Topliss-reactive ketones (excluding diaryl/α,β-unsaturated/α-hetero) is 1. The van der Waals surface area contributed by atoms with Gasteiger partial charge in [-0.1, -0.05) is 46.6 Å². The second-order valence-electron chi connectivity index (χ2n) is 4.16. The van der Waals surface area contributed by atoms with Crippen LogP contribution in [0.2, 0.25) is 0 Å². The zero-order valence-electron chi connectivity index (χ0n) is 9.67. The predicted molar refractivity (Wildman–Crippen MR) is 67.7 cm³/mol. The molecule has 0 aliphatic rings. The van der Waals surface area contributed by atoms with E-state index in [9.17, 15) is 4.79 Å². The standard InChI is InChI=1S/C13H17BrO/c1-8-5-6-12(9(2)7-8)10(3)13(14)11(4)15/h5-7,10,13H,1-4H3. The number of carbonyl (C=O) groups is 1. The number of hydrogen-bond donors (Lipinski definition) is 0. The Morgan fingerprint density at radius 1 is 1.33 bits per heavy atom. The highest BCUT2D eigenvalue weighted by molar-refractivity contribution is 9.10. The van der Waals surface area contributed by atoms with E-state index in [4.69, 9.17) is 0 Å². The summed E-state index contributed by atoms with van der Waals surface area (Å²) in [5.41, 5.74) is 3.77. The Labute approximate surface area is 100 Å². The first-order chi connectivity index (χ1) is 6.93. The quantitative estimate of drug-likeness (QED) is 0.763. The summed E-state index contributed by atoms with van der Waals surface area (Å²) in [6.45, 7) is 7.88. The van der Waals surface area contributed by atoms with Crippen LogP contribution in [0.3, 0.4) is 0 Å². The van der Waals surface area contributed by atoms with Crippen molar-refractivity contribution in [3.05, 3.63) is 34.9 Å². The Morgan fingerprint density at radius 3 is 2.40 bits per heavy atom. The molecular weight excluding hydrogens is 252 g/mol. The number of ketones is 1. The molecule has 82 valence electrons. The molecule has 1 aromatic carbocycles. The third-order valence-electron chi connectivity index (χ3n) is 2.74. The van der Waals surface area contributed by atoms with Crippen LogP contribution in [0.15, 0.2) is 18.2 Å². The number of rotatable bonds is 3. The van der Waals surface area contributed by atoms with Crippen molar-refractivity contribution in [1.29, 1.82) is 0 Å². The summed E-state index contributed by atoms with van der Waals surface area (Å²) >= 11 is 3.45. The normalized spacial score (nSPS) is 14.7. The Kier molecular flexibility index (Phi) is 4.09. The molecule has 0 fully saturated rings. The van der Waals surface area contributed by atoms with Gasteiger partial charge in [0.05, 0.1) is 4.83 Å². The second kappa shape index (κ2) is 4.93. The van der Waals surface area contributed by atoms with E-state index in [-0.39, 0.29) is 16.5 Å². The van der Waals surface area contributed by atoms with E-state index in [1.165, 1.54) is 16.7 Å². The fraction of sp³-hybridized carbons (Fsp3) is 0.462. The van der Waals surface area contributed by atoms with Crippen LogP contribution >= 0.6 is 15.9 Å². The minimum absolute atomic E-state index is 0.0843. The summed E-state index contributed by atoms with van der Waals surface area (Å²) in [4.78, 5) is 11.2. The van der Waals surface area contributed by atoms with Gasteiger partial charge in [0.1, 0.15) is 5.78 Å². The van der Waals surface area contributed by atoms with Crippen LogP contribution in [-0.4, -0.2) is 10.6 Å². The van der Waals surface area contributed by atoms with E-state index in [1.54, 1.807) is 6.92 Å². The average Bonchev–Trinajstić information content (AvgIpc) is 2.15. The SMILES string of the molecule is CC(=O)C(Br)C(C)c1ccc(C)cc1C. The molecule has 15 heavy (non-hydrogen) atoms. The molecule has 0 aliphatic heterocycles. The lowest BCUT2D eigenvalue weighted by atomic mass is 9.91. The Hall–Kier alpha value is -0.630. The summed E-state index contributed by atoms with van der Waals surface area (Å²) in [5, 5.41) is 0. The molecule has 0 saturated heterocycles. The molecule has 2 heteroatoms. The summed E-state index contributed by atoms with van der Waals surface area (Å²) in [7, 11) is 0. The molecule has 0 N–H and O–H groups in total. The number of halogens is 1.